The van der Waals surface area contributed by atoms with Gasteiger partial charge in [0.15, 0.2) is 0 Å². The number of carbonyl (C=O) groups is 2. The number of likely N-dealkylation sites (tertiary alicyclic amines) is 1. The fraction of sp³-hybridized carbons (Fsp3) is 0.444. The summed E-state index contributed by atoms with van der Waals surface area (Å²) in [6.45, 7) is 6.61. The van der Waals surface area contributed by atoms with E-state index in [2.05, 4.69) is 20.8 Å². The summed E-state index contributed by atoms with van der Waals surface area (Å²) < 4.78 is 0. The number of aryl methyl sites for hydroxylation is 1. The summed E-state index contributed by atoms with van der Waals surface area (Å²) in [5.41, 5.74) is 1.84. The van der Waals surface area contributed by atoms with Gasteiger partial charge in [0.2, 0.25) is 11.0 Å². The van der Waals surface area contributed by atoms with E-state index in [1.54, 1.807) is 4.90 Å². The maximum Gasteiger partial charge on any atom is 0.322 e. The molecule has 2 heterocycles. The van der Waals surface area contributed by atoms with Crippen LogP contribution in [0.4, 0.5) is 15.6 Å². The van der Waals surface area contributed by atoms with Gasteiger partial charge in [-0.1, -0.05) is 42.9 Å². The van der Waals surface area contributed by atoms with Crippen LogP contribution in [0.2, 0.25) is 0 Å². The summed E-state index contributed by atoms with van der Waals surface area (Å²) in [5.74, 6) is 0.0504. The van der Waals surface area contributed by atoms with Crippen molar-refractivity contribution in [1.29, 1.82) is 0 Å². The highest BCUT2D eigenvalue weighted by Gasteiger charge is 2.34. The summed E-state index contributed by atoms with van der Waals surface area (Å²) in [7, 11) is 0. The molecule has 7 nitrogen and oxygen atoms in total. The Morgan fingerprint density at radius 3 is 2.58 bits per heavy atom. The predicted molar refractivity (Wildman–Crippen MR) is 103 cm³/mol. The van der Waals surface area contributed by atoms with E-state index in [4.69, 9.17) is 0 Å². The Balaban J connectivity index is 1.63. The number of nitrogens with zero attached hydrogens (tertiary/aromatic N) is 3. The van der Waals surface area contributed by atoms with Crippen molar-refractivity contribution >= 4 is 34.1 Å². The second kappa shape index (κ2) is 7.82. The van der Waals surface area contributed by atoms with E-state index in [1.807, 2.05) is 45.0 Å². The Hall–Kier alpha value is -2.48. The van der Waals surface area contributed by atoms with Crippen molar-refractivity contribution in [3.05, 3.63) is 34.8 Å². The zero-order valence-electron chi connectivity index (χ0n) is 15.2. The number of rotatable bonds is 4. The van der Waals surface area contributed by atoms with Crippen molar-refractivity contribution in [1.82, 2.24) is 15.1 Å². The molecule has 2 aromatic rings. The minimum atomic E-state index is -0.494. The standard InChI is InChI=1S/C18H23N5O2S/c1-11(2)16-21-22-17(26-16)20-15(24)14-5-4-10-23(14)18(25)19-13-8-6-12(3)7-9-13/h6-9,11,14H,4-5,10H2,1-3H3,(H,19,25)(H,20,22,24)/t14-/m1/s1. The van der Waals surface area contributed by atoms with Gasteiger partial charge in [-0.15, -0.1) is 10.2 Å². The molecule has 1 fully saturated rings. The molecule has 2 N–H and O–H groups in total. The number of anilines is 2. The van der Waals surface area contributed by atoms with Crippen LogP contribution in [-0.4, -0.2) is 39.6 Å². The Bertz CT molecular complexity index is 787. The molecule has 1 aliphatic heterocycles. The Morgan fingerprint density at radius 2 is 1.92 bits per heavy atom. The van der Waals surface area contributed by atoms with Gasteiger partial charge >= 0.3 is 6.03 Å². The lowest BCUT2D eigenvalue weighted by atomic mass is 10.2. The number of aromatic nitrogens is 2. The first-order valence-corrected chi connectivity index (χ1v) is 9.54. The van der Waals surface area contributed by atoms with Crippen molar-refractivity contribution in [2.45, 2.75) is 45.6 Å². The smallest absolute Gasteiger partial charge is 0.312 e. The van der Waals surface area contributed by atoms with E-state index < -0.39 is 6.04 Å². The van der Waals surface area contributed by atoms with Gasteiger partial charge < -0.3 is 10.2 Å². The maximum absolute atomic E-state index is 12.6. The van der Waals surface area contributed by atoms with Crippen LogP contribution >= 0.6 is 11.3 Å². The topological polar surface area (TPSA) is 87.2 Å². The monoisotopic (exact) mass is 373 g/mol. The molecule has 1 aromatic heterocycles. The van der Waals surface area contributed by atoms with Crippen LogP contribution in [-0.2, 0) is 4.79 Å². The molecule has 1 aromatic carbocycles. The third kappa shape index (κ3) is 4.19. The van der Waals surface area contributed by atoms with Gasteiger partial charge in [-0.25, -0.2) is 4.79 Å². The van der Waals surface area contributed by atoms with Crippen LogP contribution < -0.4 is 10.6 Å². The SMILES string of the molecule is Cc1ccc(NC(=O)N2CCC[C@@H]2C(=O)Nc2nnc(C(C)C)s2)cc1. The highest BCUT2D eigenvalue weighted by Crippen LogP contribution is 2.25. The van der Waals surface area contributed by atoms with Crippen LogP contribution in [0.15, 0.2) is 24.3 Å². The number of urea groups is 1. The normalized spacial score (nSPS) is 16.8. The summed E-state index contributed by atoms with van der Waals surface area (Å²) in [5, 5.41) is 15.1. The third-order valence-corrected chi connectivity index (χ3v) is 5.42. The van der Waals surface area contributed by atoms with E-state index in [9.17, 15) is 9.59 Å². The second-order valence-corrected chi connectivity index (χ2v) is 7.75. The largest absolute Gasteiger partial charge is 0.322 e. The summed E-state index contributed by atoms with van der Waals surface area (Å²) in [6, 6.07) is 6.83. The molecule has 1 aliphatic rings. The highest BCUT2D eigenvalue weighted by molar-refractivity contribution is 7.15. The molecule has 8 heteroatoms. The molecule has 0 spiro atoms. The van der Waals surface area contributed by atoms with Gasteiger partial charge in [-0.3, -0.25) is 10.1 Å². The van der Waals surface area contributed by atoms with E-state index in [0.717, 1.165) is 22.7 Å². The molecule has 1 saturated heterocycles. The summed E-state index contributed by atoms with van der Waals surface area (Å²) in [4.78, 5) is 26.8. The maximum atomic E-state index is 12.6. The van der Waals surface area contributed by atoms with E-state index in [1.165, 1.54) is 11.3 Å². The molecule has 3 amide bonds. The molecule has 0 bridgehead atoms. The Morgan fingerprint density at radius 1 is 1.19 bits per heavy atom. The molecule has 138 valence electrons. The molecule has 1 atom stereocenters. The van der Waals surface area contributed by atoms with Gasteiger partial charge in [0.05, 0.1) is 0 Å². The highest BCUT2D eigenvalue weighted by atomic mass is 32.1. The van der Waals surface area contributed by atoms with Crippen LogP contribution in [0.3, 0.4) is 0 Å². The van der Waals surface area contributed by atoms with Crippen molar-refractivity contribution in [3.63, 3.8) is 0 Å². The minimum Gasteiger partial charge on any atom is -0.312 e. The fourth-order valence-electron chi connectivity index (χ4n) is 2.82. The van der Waals surface area contributed by atoms with Crippen LogP contribution in [0, 0.1) is 6.92 Å². The molecule has 26 heavy (non-hydrogen) atoms. The lowest BCUT2D eigenvalue weighted by Crippen LogP contribution is -2.45. The summed E-state index contributed by atoms with van der Waals surface area (Å²) >= 11 is 1.37. The Labute approximate surface area is 156 Å². The van der Waals surface area contributed by atoms with Gasteiger partial charge in [0, 0.05) is 18.2 Å². The average Bonchev–Trinajstić information content (AvgIpc) is 3.26. The molecular formula is C18H23N5O2S. The first-order chi connectivity index (χ1) is 12.4. The van der Waals surface area contributed by atoms with Gasteiger partial charge in [0.25, 0.3) is 0 Å². The first-order valence-electron chi connectivity index (χ1n) is 8.72. The zero-order chi connectivity index (χ0) is 18.7. The number of nitrogens with one attached hydrogen (secondary N) is 2. The summed E-state index contributed by atoms with van der Waals surface area (Å²) in [6.07, 6.45) is 1.44. The predicted octanol–water partition coefficient (Wildman–Crippen LogP) is 3.60. The Kier molecular flexibility index (Phi) is 5.51. The molecule has 3 rings (SSSR count). The fourth-order valence-corrected chi connectivity index (χ4v) is 3.57. The molecule has 0 aliphatic carbocycles. The average molecular weight is 373 g/mol. The van der Waals surface area contributed by atoms with Crippen LogP contribution in [0.25, 0.3) is 0 Å². The zero-order valence-corrected chi connectivity index (χ0v) is 16.0. The third-order valence-electron chi connectivity index (χ3n) is 4.28. The van der Waals surface area contributed by atoms with E-state index in [0.29, 0.717) is 18.1 Å². The molecule has 0 unspecified atom stereocenters. The van der Waals surface area contributed by atoms with Gasteiger partial charge in [-0.05, 0) is 31.9 Å². The minimum absolute atomic E-state index is 0.215. The number of carbonyl (C=O) groups excluding carboxylic acids is 2. The van der Waals surface area contributed by atoms with Crippen molar-refractivity contribution in [2.24, 2.45) is 0 Å². The van der Waals surface area contributed by atoms with Crippen molar-refractivity contribution < 1.29 is 9.59 Å². The number of hydrogen-bond donors (Lipinski definition) is 2. The lowest BCUT2D eigenvalue weighted by molar-refractivity contribution is -0.119. The number of amides is 3. The van der Waals surface area contributed by atoms with Crippen molar-refractivity contribution in [2.75, 3.05) is 17.2 Å². The van der Waals surface area contributed by atoms with E-state index >= 15 is 0 Å². The number of hydrogen-bond acceptors (Lipinski definition) is 5. The van der Waals surface area contributed by atoms with Gasteiger partial charge in [0.1, 0.15) is 11.0 Å². The van der Waals surface area contributed by atoms with Crippen molar-refractivity contribution in [3.8, 4) is 0 Å². The van der Waals surface area contributed by atoms with Crippen LogP contribution in [0.1, 0.15) is 43.2 Å². The lowest BCUT2D eigenvalue weighted by Gasteiger charge is -2.23. The van der Waals surface area contributed by atoms with Gasteiger partial charge in [-0.2, -0.15) is 0 Å². The van der Waals surface area contributed by atoms with E-state index in [-0.39, 0.29) is 17.9 Å². The molecule has 0 radical (unpaired) electrons. The molecule has 0 saturated carbocycles. The second-order valence-electron chi connectivity index (χ2n) is 6.74. The molecular weight excluding hydrogens is 350 g/mol. The quantitative estimate of drug-likeness (QED) is 0.857. The first kappa shape index (κ1) is 18.3. The number of benzene rings is 1. The van der Waals surface area contributed by atoms with Crippen LogP contribution in [0.5, 0.6) is 0 Å².